The fourth-order valence-corrected chi connectivity index (χ4v) is 5.77. The van der Waals surface area contributed by atoms with E-state index in [0.717, 1.165) is 37.9 Å². The van der Waals surface area contributed by atoms with Gasteiger partial charge in [0, 0.05) is 54.9 Å². The molecule has 4 aliphatic rings. The number of carbonyl (C=O) groups excluding carboxylic acids is 3. The highest BCUT2D eigenvalue weighted by Gasteiger charge is 2.53. The highest BCUT2D eigenvalue weighted by Crippen LogP contribution is 2.31. The Morgan fingerprint density at radius 3 is 2.49 bits per heavy atom. The Kier molecular flexibility index (Phi) is 7.37. The van der Waals surface area contributed by atoms with E-state index in [0.29, 0.717) is 12.0 Å². The van der Waals surface area contributed by atoms with Crippen molar-refractivity contribution in [1.29, 1.82) is 0 Å². The van der Waals surface area contributed by atoms with E-state index >= 15 is 0 Å². The second kappa shape index (κ2) is 10.7. The zero-order valence-electron chi connectivity index (χ0n) is 21.5. The van der Waals surface area contributed by atoms with Gasteiger partial charge in [-0.15, -0.1) is 0 Å². The molecule has 1 aromatic rings. The van der Waals surface area contributed by atoms with E-state index in [1.54, 1.807) is 12.1 Å². The van der Waals surface area contributed by atoms with Crippen LogP contribution in [0.3, 0.4) is 0 Å². The minimum absolute atomic E-state index is 0.0944. The van der Waals surface area contributed by atoms with Crippen LogP contribution in [0.1, 0.15) is 43.5 Å². The number of azide groups is 1. The first-order chi connectivity index (χ1) is 17.9. The summed E-state index contributed by atoms with van der Waals surface area (Å²) in [5.74, 6) is -0.762. The number of Topliss-reactive ketones (excluding diaryl/α,β-unsaturated/α-hetero) is 1. The van der Waals surface area contributed by atoms with Crippen molar-refractivity contribution in [2.45, 2.75) is 63.4 Å². The number of hydrogen-bond donors (Lipinski definition) is 1. The second-order valence-electron chi connectivity index (χ2n) is 10.9. The number of likely N-dealkylation sites (tertiary alicyclic amines) is 1. The molecule has 0 radical (unpaired) electrons. The Balaban J connectivity index is 1.25. The summed E-state index contributed by atoms with van der Waals surface area (Å²) in [6, 6.07) is 6.09. The number of carbonyl (C=O) groups is 3. The number of anilines is 1. The molecule has 198 valence electrons. The molecule has 4 fully saturated rings. The van der Waals surface area contributed by atoms with E-state index in [-0.39, 0.29) is 36.7 Å². The molecule has 0 aromatic heterocycles. The van der Waals surface area contributed by atoms with E-state index in [4.69, 9.17) is 10.3 Å². The Labute approximate surface area is 216 Å². The van der Waals surface area contributed by atoms with Gasteiger partial charge in [0.2, 0.25) is 5.91 Å². The SMILES string of the molecule is CC(C)C[C@H](NC(=O)c1ccc(N2CCN(C3CC3)CC2)cc1)C(=O)N1C[C@H](N=[N+]=[N-])[C@H]2OCC(=O)[C@H]21. The smallest absolute Gasteiger partial charge is 0.251 e. The Morgan fingerprint density at radius 1 is 1.16 bits per heavy atom. The molecular formula is C26H35N7O4. The van der Waals surface area contributed by atoms with Crippen LogP contribution in [-0.4, -0.2) is 97.0 Å². The molecule has 0 unspecified atom stereocenters. The number of nitrogens with zero attached hydrogens (tertiary/aromatic N) is 6. The number of hydrogen-bond acceptors (Lipinski definition) is 7. The third kappa shape index (κ3) is 5.44. The predicted octanol–water partition coefficient (Wildman–Crippen LogP) is 1.97. The summed E-state index contributed by atoms with van der Waals surface area (Å²) in [4.78, 5) is 48.4. The van der Waals surface area contributed by atoms with Gasteiger partial charge in [-0.05, 0) is 55.0 Å². The average Bonchev–Trinajstić information content (AvgIpc) is 3.59. The molecule has 3 heterocycles. The summed E-state index contributed by atoms with van der Waals surface area (Å²) in [6.45, 7) is 8.02. The summed E-state index contributed by atoms with van der Waals surface area (Å²) < 4.78 is 5.53. The maximum Gasteiger partial charge on any atom is 0.251 e. The first-order valence-electron chi connectivity index (χ1n) is 13.2. The van der Waals surface area contributed by atoms with Crippen LogP contribution < -0.4 is 10.2 Å². The average molecular weight is 510 g/mol. The molecule has 3 saturated heterocycles. The summed E-state index contributed by atoms with van der Waals surface area (Å²) in [5, 5.41) is 6.64. The van der Waals surface area contributed by atoms with Gasteiger partial charge >= 0.3 is 0 Å². The molecule has 2 amide bonds. The molecule has 5 rings (SSSR count). The van der Waals surface area contributed by atoms with Gasteiger partial charge in [0.25, 0.3) is 5.91 Å². The number of nitrogens with one attached hydrogen (secondary N) is 1. The number of benzene rings is 1. The largest absolute Gasteiger partial charge is 0.369 e. The van der Waals surface area contributed by atoms with Crippen molar-refractivity contribution in [2.24, 2.45) is 11.0 Å². The molecule has 3 aliphatic heterocycles. The van der Waals surface area contributed by atoms with Crippen LogP contribution in [0, 0.1) is 5.92 Å². The van der Waals surface area contributed by atoms with Crippen molar-refractivity contribution in [2.75, 3.05) is 44.2 Å². The third-order valence-electron chi connectivity index (χ3n) is 7.82. The second-order valence-corrected chi connectivity index (χ2v) is 10.9. The molecule has 1 aromatic carbocycles. The van der Waals surface area contributed by atoms with Gasteiger partial charge < -0.3 is 19.9 Å². The number of amides is 2. The first-order valence-corrected chi connectivity index (χ1v) is 13.2. The van der Waals surface area contributed by atoms with Crippen molar-refractivity contribution in [3.8, 4) is 0 Å². The number of piperazine rings is 1. The monoisotopic (exact) mass is 509 g/mol. The quantitative estimate of drug-likeness (QED) is 0.324. The minimum atomic E-state index is -0.804. The van der Waals surface area contributed by atoms with Crippen LogP contribution in [0.4, 0.5) is 5.69 Å². The molecular weight excluding hydrogens is 474 g/mol. The van der Waals surface area contributed by atoms with Crippen molar-refractivity contribution in [3.63, 3.8) is 0 Å². The molecule has 11 nitrogen and oxygen atoms in total. The summed E-state index contributed by atoms with van der Waals surface area (Å²) >= 11 is 0. The lowest BCUT2D eigenvalue weighted by Crippen LogP contribution is -2.52. The van der Waals surface area contributed by atoms with Crippen LogP contribution in [0.25, 0.3) is 10.4 Å². The fourth-order valence-electron chi connectivity index (χ4n) is 5.77. The highest BCUT2D eigenvalue weighted by molar-refractivity contribution is 5.99. The van der Waals surface area contributed by atoms with Gasteiger partial charge in [-0.25, -0.2) is 0 Å². The van der Waals surface area contributed by atoms with Crippen molar-refractivity contribution in [1.82, 2.24) is 15.1 Å². The van der Waals surface area contributed by atoms with Crippen LogP contribution in [0.5, 0.6) is 0 Å². The lowest BCUT2D eigenvalue weighted by Gasteiger charge is -2.36. The van der Waals surface area contributed by atoms with Gasteiger partial charge in [-0.1, -0.05) is 19.0 Å². The van der Waals surface area contributed by atoms with Crippen LogP contribution >= 0.6 is 0 Å². The highest BCUT2D eigenvalue weighted by atomic mass is 16.5. The maximum atomic E-state index is 13.6. The molecule has 1 aliphatic carbocycles. The number of ether oxygens (including phenoxy) is 1. The van der Waals surface area contributed by atoms with Gasteiger partial charge in [-0.3, -0.25) is 19.3 Å². The van der Waals surface area contributed by atoms with Gasteiger partial charge in [0.05, 0.1) is 12.1 Å². The Bertz CT molecular complexity index is 1070. The van der Waals surface area contributed by atoms with Crippen LogP contribution in [0.2, 0.25) is 0 Å². The van der Waals surface area contributed by atoms with Crippen LogP contribution in [-0.2, 0) is 14.3 Å². The first kappa shape index (κ1) is 25.5. The minimum Gasteiger partial charge on any atom is -0.369 e. The molecule has 0 spiro atoms. The Morgan fingerprint density at radius 2 is 1.86 bits per heavy atom. The molecule has 37 heavy (non-hydrogen) atoms. The van der Waals surface area contributed by atoms with E-state index in [2.05, 4.69) is 25.1 Å². The Hall–Kier alpha value is -3.14. The third-order valence-corrected chi connectivity index (χ3v) is 7.82. The zero-order valence-corrected chi connectivity index (χ0v) is 21.5. The van der Waals surface area contributed by atoms with E-state index in [1.165, 1.54) is 17.7 Å². The number of fused-ring (bicyclic) bond motifs is 1. The normalized spacial score (nSPS) is 26.7. The summed E-state index contributed by atoms with van der Waals surface area (Å²) in [6.07, 6.45) is 2.42. The lowest BCUT2D eigenvalue weighted by atomic mass is 10.0. The van der Waals surface area contributed by atoms with Crippen molar-refractivity contribution in [3.05, 3.63) is 40.3 Å². The zero-order chi connectivity index (χ0) is 26.1. The molecule has 11 heteroatoms. The van der Waals surface area contributed by atoms with Gasteiger partial charge in [0.15, 0.2) is 5.78 Å². The van der Waals surface area contributed by atoms with Crippen molar-refractivity contribution >= 4 is 23.3 Å². The van der Waals surface area contributed by atoms with E-state index in [1.807, 2.05) is 26.0 Å². The van der Waals surface area contributed by atoms with Gasteiger partial charge in [0.1, 0.15) is 18.7 Å². The number of rotatable bonds is 8. The van der Waals surface area contributed by atoms with Crippen molar-refractivity contribution < 1.29 is 19.1 Å². The fraction of sp³-hybridized carbons (Fsp3) is 0.654. The maximum absolute atomic E-state index is 13.6. The molecule has 1 N–H and O–H groups in total. The molecule has 0 bridgehead atoms. The summed E-state index contributed by atoms with van der Waals surface area (Å²) in [5.41, 5.74) is 10.5. The standard InChI is InChI=1S/C26H35N7O4/c1-16(2)13-20(26(36)33-14-21(29-30-27)24-23(33)22(34)15-37-24)28-25(35)17-3-5-18(6-4-17)31-9-11-32(12-10-31)19-7-8-19/h3-6,16,19-21,23-24H,7-15H2,1-2H3,(H,28,35)/t20-,21-,23+,24+/m0/s1. The molecule has 1 saturated carbocycles. The van der Waals surface area contributed by atoms with Crippen LogP contribution in [0.15, 0.2) is 29.4 Å². The topological polar surface area (TPSA) is 131 Å². The van der Waals surface area contributed by atoms with E-state index < -0.39 is 24.2 Å². The molecule has 4 atom stereocenters. The summed E-state index contributed by atoms with van der Waals surface area (Å²) in [7, 11) is 0. The van der Waals surface area contributed by atoms with E-state index in [9.17, 15) is 14.4 Å². The predicted molar refractivity (Wildman–Crippen MR) is 137 cm³/mol. The van der Waals surface area contributed by atoms with Gasteiger partial charge in [-0.2, -0.15) is 0 Å². The number of ketones is 1. The lowest BCUT2D eigenvalue weighted by molar-refractivity contribution is -0.138.